The third-order valence-corrected chi connectivity index (χ3v) is 6.27. The average molecular weight is 424 g/mol. The van der Waals surface area contributed by atoms with Crippen molar-refractivity contribution in [3.63, 3.8) is 0 Å². The molecule has 0 spiro atoms. The molecule has 7 heteroatoms. The third kappa shape index (κ3) is 4.04. The Hall–Kier alpha value is -2.90. The van der Waals surface area contributed by atoms with Crippen molar-refractivity contribution in [1.82, 2.24) is 14.8 Å². The van der Waals surface area contributed by atoms with Gasteiger partial charge in [-0.3, -0.25) is 4.79 Å². The van der Waals surface area contributed by atoms with Crippen LogP contribution in [-0.4, -0.2) is 61.6 Å². The summed E-state index contributed by atoms with van der Waals surface area (Å²) < 4.78 is 10.7. The highest BCUT2D eigenvalue weighted by molar-refractivity contribution is 7.13. The lowest BCUT2D eigenvalue weighted by atomic mass is 10.0. The van der Waals surface area contributed by atoms with Crippen molar-refractivity contribution >= 4 is 17.2 Å². The van der Waals surface area contributed by atoms with E-state index in [1.807, 2.05) is 46.7 Å². The first-order valence-corrected chi connectivity index (χ1v) is 10.7. The van der Waals surface area contributed by atoms with Crippen molar-refractivity contribution in [2.45, 2.75) is 6.04 Å². The van der Waals surface area contributed by atoms with Crippen LogP contribution in [0.4, 0.5) is 0 Å². The van der Waals surface area contributed by atoms with Gasteiger partial charge in [0, 0.05) is 30.6 Å². The van der Waals surface area contributed by atoms with Crippen LogP contribution in [0.15, 0.2) is 53.9 Å². The number of aromatic nitrogens is 1. The summed E-state index contributed by atoms with van der Waals surface area (Å²) in [7, 11) is 5.31. The minimum atomic E-state index is -0.0278. The van der Waals surface area contributed by atoms with E-state index >= 15 is 0 Å². The number of rotatable bonds is 5. The van der Waals surface area contributed by atoms with Crippen molar-refractivity contribution in [2.75, 3.05) is 40.9 Å². The minimum Gasteiger partial charge on any atom is -0.493 e. The number of likely N-dealkylation sites (N-methyl/N-ethyl adjacent to an activating group) is 1. The SMILES string of the molecule is COc1ccc(-c2nc(C(=O)N3CCN(C)CC3c3ccccc3)cs2)cc1OC. The fourth-order valence-electron chi connectivity index (χ4n) is 3.74. The Morgan fingerprint density at radius 2 is 1.83 bits per heavy atom. The number of ether oxygens (including phenoxy) is 2. The monoisotopic (exact) mass is 423 g/mol. The molecule has 1 unspecified atom stereocenters. The molecular weight excluding hydrogens is 398 g/mol. The van der Waals surface area contributed by atoms with Crippen molar-refractivity contribution in [2.24, 2.45) is 0 Å². The highest BCUT2D eigenvalue weighted by atomic mass is 32.1. The molecule has 6 nitrogen and oxygen atoms in total. The van der Waals surface area contributed by atoms with Crippen LogP contribution in [0.25, 0.3) is 10.6 Å². The van der Waals surface area contributed by atoms with Gasteiger partial charge in [0.05, 0.1) is 20.3 Å². The summed E-state index contributed by atoms with van der Waals surface area (Å²) in [6.45, 7) is 2.34. The van der Waals surface area contributed by atoms with E-state index in [0.29, 0.717) is 23.7 Å². The van der Waals surface area contributed by atoms with Crippen LogP contribution in [0.3, 0.4) is 0 Å². The lowest BCUT2D eigenvalue weighted by Gasteiger charge is -2.40. The predicted molar refractivity (Wildman–Crippen MR) is 118 cm³/mol. The van der Waals surface area contributed by atoms with Crippen LogP contribution in [0.1, 0.15) is 22.1 Å². The maximum Gasteiger partial charge on any atom is 0.273 e. The van der Waals surface area contributed by atoms with Gasteiger partial charge in [0.15, 0.2) is 11.5 Å². The molecule has 1 fully saturated rings. The summed E-state index contributed by atoms with van der Waals surface area (Å²) in [6, 6.07) is 15.9. The van der Waals surface area contributed by atoms with Gasteiger partial charge in [0.2, 0.25) is 0 Å². The van der Waals surface area contributed by atoms with Crippen LogP contribution >= 0.6 is 11.3 Å². The second-order valence-corrected chi connectivity index (χ2v) is 8.15. The number of hydrogen-bond donors (Lipinski definition) is 0. The Morgan fingerprint density at radius 1 is 1.07 bits per heavy atom. The Kier molecular flexibility index (Phi) is 6.01. The van der Waals surface area contributed by atoms with Gasteiger partial charge in [-0.15, -0.1) is 11.3 Å². The first-order chi connectivity index (χ1) is 14.6. The van der Waals surface area contributed by atoms with E-state index < -0.39 is 0 Å². The molecule has 0 N–H and O–H groups in total. The van der Waals surface area contributed by atoms with Crippen molar-refractivity contribution in [3.8, 4) is 22.1 Å². The van der Waals surface area contributed by atoms with Gasteiger partial charge in [0.25, 0.3) is 5.91 Å². The number of carbonyl (C=O) groups is 1. The van der Waals surface area contributed by atoms with Gasteiger partial charge in [-0.2, -0.15) is 0 Å². The summed E-state index contributed by atoms with van der Waals surface area (Å²) in [4.78, 5) is 22.2. The van der Waals surface area contributed by atoms with Crippen molar-refractivity contribution in [3.05, 3.63) is 65.2 Å². The summed E-state index contributed by atoms with van der Waals surface area (Å²) in [5.74, 6) is 1.28. The molecule has 1 amide bonds. The topological polar surface area (TPSA) is 54.9 Å². The van der Waals surface area contributed by atoms with Gasteiger partial charge in [-0.05, 0) is 30.8 Å². The van der Waals surface area contributed by atoms with Crippen LogP contribution in [-0.2, 0) is 0 Å². The van der Waals surface area contributed by atoms with Gasteiger partial charge in [-0.1, -0.05) is 30.3 Å². The molecule has 0 bridgehead atoms. The number of amides is 1. The molecule has 0 aliphatic carbocycles. The number of hydrogen-bond acceptors (Lipinski definition) is 6. The van der Waals surface area contributed by atoms with Gasteiger partial charge < -0.3 is 19.3 Å². The standard InChI is InChI=1S/C23H25N3O3S/c1-25-11-12-26(19(14-25)16-7-5-4-6-8-16)23(27)18-15-30-22(24-18)17-9-10-20(28-2)21(13-17)29-3/h4-10,13,15,19H,11-12,14H2,1-3H3. The maximum atomic E-state index is 13.4. The largest absolute Gasteiger partial charge is 0.493 e. The Bertz CT molecular complexity index is 1020. The molecule has 3 aromatic rings. The molecule has 0 radical (unpaired) electrons. The molecule has 1 saturated heterocycles. The van der Waals surface area contributed by atoms with Crippen LogP contribution < -0.4 is 9.47 Å². The molecule has 1 aromatic heterocycles. The molecule has 30 heavy (non-hydrogen) atoms. The quantitative estimate of drug-likeness (QED) is 0.622. The van der Waals surface area contributed by atoms with Crippen LogP contribution in [0.2, 0.25) is 0 Å². The Labute approximate surface area is 180 Å². The van der Waals surface area contributed by atoms with E-state index in [9.17, 15) is 4.79 Å². The lowest BCUT2D eigenvalue weighted by molar-refractivity contribution is 0.0493. The highest BCUT2D eigenvalue weighted by Gasteiger charge is 2.32. The fraction of sp³-hybridized carbons (Fsp3) is 0.304. The zero-order valence-electron chi connectivity index (χ0n) is 17.4. The molecule has 2 aromatic carbocycles. The number of carbonyl (C=O) groups excluding carboxylic acids is 1. The molecule has 2 heterocycles. The second-order valence-electron chi connectivity index (χ2n) is 7.29. The number of thiazole rings is 1. The van der Waals surface area contributed by atoms with E-state index in [1.165, 1.54) is 11.3 Å². The highest BCUT2D eigenvalue weighted by Crippen LogP contribution is 2.34. The van der Waals surface area contributed by atoms with E-state index in [-0.39, 0.29) is 11.9 Å². The molecule has 1 aliphatic heterocycles. The second kappa shape index (κ2) is 8.85. The van der Waals surface area contributed by atoms with E-state index in [1.54, 1.807) is 14.2 Å². The van der Waals surface area contributed by atoms with Gasteiger partial charge >= 0.3 is 0 Å². The van der Waals surface area contributed by atoms with Gasteiger partial charge in [0.1, 0.15) is 10.7 Å². The number of nitrogens with zero attached hydrogens (tertiary/aromatic N) is 3. The molecule has 1 atom stereocenters. The Morgan fingerprint density at radius 3 is 2.57 bits per heavy atom. The summed E-state index contributed by atoms with van der Waals surface area (Å²) >= 11 is 1.46. The van der Waals surface area contributed by atoms with E-state index in [0.717, 1.165) is 29.2 Å². The predicted octanol–water partition coefficient (Wildman–Crippen LogP) is 3.96. The number of piperazine rings is 1. The first-order valence-electron chi connectivity index (χ1n) is 9.83. The normalized spacial score (nSPS) is 17.0. The molecule has 156 valence electrons. The maximum absolute atomic E-state index is 13.4. The average Bonchev–Trinajstić information content (AvgIpc) is 3.29. The molecule has 0 saturated carbocycles. The van der Waals surface area contributed by atoms with Crippen molar-refractivity contribution in [1.29, 1.82) is 0 Å². The first kappa shape index (κ1) is 20.4. The number of benzene rings is 2. The van der Waals surface area contributed by atoms with Crippen LogP contribution in [0, 0.1) is 0 Å². The van der Waals surface area contributed by atoms with Gasteiger partial charge in [-0.25, -0.2) is 4.98 Å². The van der Waals surface area contributed by atoms with E-state index in [2.05, 4.69) is 29.1 Å². The summed E-state index contributed by atoms with van der Waals surface area (Å²) in [6.07, 6.45) is 0. The molecule has 4 rings (SSSR count). The van der Waals surface area contributed by atoms with E-state index in [4.69, 9.17) is 9.47 Å². The fourth-order valence-corrected chi connectivity index (χ4v) is 4.53. The zero-order chi connectivity index (χ0) is 21.1. The zero-order valence-corrected chi connectivity index (χ0v) is 18.2. The third-order valence-electron chi connectivity index (χ3n) is 5.38. The smallest absolute Gasteiger partial charge is 0.273 e. The summed E-state index contributed by atoms with van der Waals surface area (Å²) in [5.41, 5.74) is 2.53. The molecule has 1 aliphatic rings. The lowest BCUT2D eigenvalue weighted by Crippen LogP contribution is -2.49. The Balaban J connectivity index is 1.60. The van der Waals surface area contributed by atoms with Crippen molar-refractivity contribution < 1.29 is 14.3 Å². The molecular formula is C23H25N3O3S. The summed E-state index contributed by atoms with van der Waals surface area (Å²) in [5, 5.41) is 2.62. The number of methoxy groups -OCH3 is 2. The minimum absolute atomic E-state index is 0.0173. The van der Waals surface area contributed by atoms with Crippen LogP contribution in [0.5, 0.6) is 11.5 Å².